The summed E-state index contributed by atoms with van der Waals surface area (Å²) in [5.74, 6) is 0. The van der Waals surface area contributed by atoms with Crippen LogP contribution in [0.3, 0.4) is 0 Å². The second kappa shape index (κ2) is 7.31. The van der Waals surface area contributed by atoms with Crippen molar-refractivity contribution < 1.29 is 8.78 Å². The van der Waals surface area contributed by atoms with Gasteiger partial charge >= 0.3 is 0 Å². The fraction of sp³-hybridized carbons (Fsp3) is 0.579. The van der Waals surface area contributed by atoms with Gasteiger partial charge in [0, 0.05) is 37.9 Å². The highest BCUT2D eigenvalue weighted by Crippen LogP contribution is 2.26. The Morgan fingerprint density at radius 1 is 1.12 bits per heavy atom. The second-order valence-electron chi connectivity index (χ2n) is 7.26. The van der Waals surface area contributed by atoms with Crippen LogP contribution in [0.5, 0.6) is 0 Å². The summed E-state index contributed by atoms with van der Waals surface area (Å²) >= 11 is 0. The van der Waals surface area contributed by atoms with Gasteiger partial charge in [-0.2, -0.15) is 0 Å². The van der Waals surface area contributed by atoms with Crippen LogP contribution in [0.2, 0.25) is 0 Å². The number of hydrogen-bond donors (Lipinski definition) is 0. The summed E-state index contributed by atoms with van der Waals surface area (Å²) in [6, 6.07) is 6.27. The lowest BCUT2D eigenvalue weighted by Crippen LogP contribution is -2.49. The van der Waals surface area contributed by atoms with Gasteiger partial charge < -0.3 is 4.90 Å². The van der Waals surface area contributed by atoms with Crippen LogP contribution in [0.15, 0.2) is 29.3 Å². The highest BCUT2D eigenvalue weighted by atomic mass is 19.3. The number of rotatable bonds is 4. The molecule has 2 fully saturated rings. The van der Waals surface area contributed by atoms with E-state index in [0.29, 0.717) is 10.9 Å². The summed E-state index contributed by atoms with van der Waals surface area (Å²) in [6.45, 7) is 3.43. The molecule has 2 aliphatic rings. The molecule has 0 N–H and O–H groups in total. The van der Waals surface area contributed by atoms with E-state index < -0.39 is 18.5 Å². The Hall–Kier alpha value is -2.02. The molecule has 1 aliphatic heterocycles. The Balaban J connectivity index is 1.50. The summed E-state index contributed by atoms with van der Waals surface area (Å²) in [6.07, 6.45) is 4.01. The topological polar surface area (TPSA) is 41.4 Å². The molecule has 1 saturated heterocycles. The van der Waals surface area contributed by atoms with Crippen molar-refractivity contribution in [3.8, 4) is 0 Å². The van der Waals surface area contributed by atoms with E-state index in [1.807, 2.05) is 12.1 Å². The molecule has 7 heteroatoms. The van der Waals surface area contributed by atoms with Gasteiger partial charge in [0.15, 0.2) is 0 Å². The lowest BCUT2D eigenvalue weighted by molar-refractivity contribution is 0.125. The van der Waals surface area contributed by atoms with Crippen molar-refractivity contribution in [2.45, 2.75) is 44.7 Å². The summed E-state index contributed by atoms with van der Waals surface area (Å²) in [5, 5.41) is 0.390. The number of piperazine rings is 1. The van der Waals surface area contributed by atoms with Crippen molar-refractivity contribution in [2.24, 2.45) is 0 Å². The lowest BCUT2D eigenvalue weighted by atomic mass is 10.1. The zero-order chi connectivity index (χ0) is 18.1. The van der Waals surface area contributed by atoms with E-state index in [4.69, 9.17) is 0 Å². The SMILES string of the molecule is O=c1c2ccc(N3CCN(C4CCCC4)CC3)cc2ncn1CC(F)F. The first-order valence-corrected chi connectivity index (χ1v) is 9.38. The van der Waals surface area contributed by atoms with Gasteiger partial charge in [0.1, 0.15) is 0 Å². The molecule has 0 radical (unpaired) electrons. The third-order valence-electron chi connectivity index (χ3n) is 5.66. The number of fused-ring (bicyclic) bond motifs is 1. The molecule has 26 heavy (non-hydrogen) atoms. The predicted molar refractivity (Wildman–Crippen MR) is 98.0 cm³/mol. The molecular weight excluding hydrogens is 338 g/mol. The maximum Gasteiger partial charge on any atom is 0.261 e. The highest BCUT2D eigenvalue weighted by molar-refractivity contribution is 5.81. The van der Waals surface area contributed by atoms with E-state index in [1.54, 1.807) is 6.07 Å². The average molecular weight is 362 g/mol. The molecule has 5 nitrogen and oxygen atoms in total. The quantitative estimate of drug-likeness (QED) is 0.839. The Bertz CT molecular complexity index is 824. The van der Waals surface area contributed by atoms with Gasteiger partial charge in [-0.3, -0.25) is 14.3 Å². The number of halogens is 2. The molecule has 1 saturated carbocycles. The predicted octanol–water partition coefficient (Wildman–Crippen LogP) is 2.73. The van der Waals surface area contributed by atoms with Crippen molar-refractivity contribution in [1.82, 2.24) is 14.5 Å². The third kappa shape index (κ3) is 3.45. The molecule has 1 aromatic carbocycles. The Labute approximate surface area is 151 Å². The fourth-order valence-electron chi connectivity index (χ4n) is 4.24. The first-order valence-electron chi connectivity index (χ1n) is 9.38. The van der Waals surface area contributed by atoms with E-state index in [-0.39, 0.29) is 0 Å². The summed E-state index contributed by atoms with van der Waals surface area (Å²) < 4.78 is 26.1. The number of nitrogens with zero attached hydrogens (tertiary/aromatic N) is 4. The lowest BCUT2D eigenvalue weighted by Gasteiger charge is -2.39. The molecule has 140 valence electrons. The maximum atomic E-state index is 12.6. The van der Waals surface area contributed by atoms with Gasteiger partial charge in [-0.1, -0.05) is 12.8 Å². The van der Waals surface area contributed by atoms with E-state index in [2.05, 4.69) is 14.8 Å². The highest BCUT2D eigenvalue weighted by Gasteiger charge is 2.26. The van der Waals surface area contributed by atoms with E-state index >= 15 is 0 Å². The fourth-order valence-corrected chi connectivity index (χ4v) is 4.24. The zero-order valence-corrected chi connectivity index (χ0v) is 14.8. The molecule has 1 aromatic heterocycles. The average Bonchev–Trinajstić information content (AvgIpc) is 3.18. The molecule has 0 amide bonds. The Morgan fingerprint density at radius 2 is 1.85 bits per heavy atom. The Morgan fingerprint density at radius 3 is 2.54 bits per heavy atom. The number of benzene rings is 1. The van der Waals surface area contributed by atoms with Crippen LogP contribution in [-0.2, 0) is 6.54 Å². The van der Waals surface area contributed by atoms with Crippen molar-refractivity contribution >= 4 is 16.6 Å². The van der Waals surface area contributed by atoms with Crippen LogP contribution >= 0.6 is 0 Å². The van der Waals surface area contributed by atoms with Crippen LogP contribution in [-0.4, -0.2) is 53.1 Å². The third-order valence-corrected chi connectivity index (χ3v) is 5.66. The molecule has 4 rings (SSSR count). The van der Waals surface area contributed by atoms with Crippen LogP contribution in [0.1, 0.15) is 25.7 Å². The van der Waals surface area contributed by atoms with Crippen molar-refractivity contribution in [2.75, 3.05) is 31.1 Å². The molecule has 0 atom stereocenters. The number of anilines is 1. The number of hydrogen-bond acceptors (Lipinski definition) is 4. The largest absolute Gasteiger partial charge is 0.369 e. The Kier molecular flexibility index (Phi) is 4.89. The van der Waals surface area contributed by atoms with Crippen molar-refractivity contribution in [3.05, 3.63) is 34.9 Å². The smallest absolute Gasteiger partial charge is 0.261 e. The van der Waals surface area contributed by atoms with E-state index in [1.165, 1.54) is 32.0 Å². The van der Waals surface area contributed by atoms with Gasteiger partial charge in [0.25, 0.3) is 12.0 Å². The van der Waals surface area contributed by atoms with Crippen molar-refractivity contribution in [3.63, 3.8) is 0 Å². The minimum Gasteiger partial charge on any atom is -0.369 e. The minimum atomic E-state index is -2.57. The summed E-state index contributed by atoms with van der Waals surface area (Å²) in [4.78, 5) is 21.5. The maximum absolute atomic E-state index is 12.6. The van der Waals surface area contributed by atoms with Gasteiger partial charge in [0.05, 0.1) is 23.8 Å². The second-order valence-corrected chi connectivity index (χ2v) is 7.26. The first kappa shape index (κ1) is 17.4. The first-order chi connectivity index (χ1) is 12.6. The summed E-state index contributed by atoms with van der Waals surface area (Å²) in [7, 11) is 0. The monoisotopic (exact) mass is 362 g/mol. The minimum absolute atomic E-state index is 0.390. The van der Waals surface area contributed by atoms with Gasteiger partial charge in [-0.05, 0) is 31.0 Å². The molecule has 0 bridgehead atoms. The molecule has 2 aromatic rings. The molecule has 0 spiro atoms. The number of aromatic nitrogens is 2. The zero-order valence-electron chi connectivity index (χ0n) is 14.8. The molecule has 2 heterocycles. The van der Waals surface area contributed by atoms with Crippen LogP contribution < -0.4 is 10.5 Å². The van der Waals surface area contributed by atoms with Gasteiger partial charge in [-0.15, -0.1) is 0 Å². The molecular formula is C19H24F2N4O. The van der Waals surface area contributed by atoms with E-state index in [9.17, 15) is 13.6 Å². The van der Waals surface area contributed by atoms with E-state index in [0.717, 1.165) is 42.5 Å². The molecule has 0 unspecified atom stereocenters. The van der Waals surface area contributed by atoms with Crippen LogP contribution in [0.25, 0.3) is 10.9 Å². The van der Waals surface area contributed by atoms with Gasteiger partial charge in [-0.25, -0.2) is 13.8 Å². The normalized spacial score (nSPS) is 19.7. The van der Waals surface area contributed by atoms with Crippen molar-refractivity contribution in [1.29, 1.82) is 0 Å². The molecule has 1 aliphatic carbocycles. The number of alkyl halides is 2. The standard InChI is InChI=1S/C19H24F2N4O/c20-18(21)12-25-13-22-17-11-15(5-6-16(17)19(25)26)24-9-7-23(8-10-24)14-3-1-2-4-14/h5-6,11,13-14,18H,1-4,7-10,12H2. The van der Waals surface area contributed by atoms with Crippen LogP contribution in [0.4, 0.5) is 14.5 Å². The van der Waals surface area contributed by atoms with Gasteiger partial charge in [0.2, 0.25) is 0 Å². The van der Waals surface area contributed by atoms with Crippen LogP contribution in [0, 0.1) is 0 Å². The summed E-state index contributed by atoms with van der Waals surface area (Å²) in [5.41, 5.74) is 1.20.